The first-order valence-corrected chi connectivity index (χ1v) is 17.1. The average molecular weight is 629 g/mol. The summed E-state index contributed by atoms with van der Waals surface area (Å²) in [5.41, 5.74) is 7.93. The molecule has 4 aromatic rings. The number of hydrogen-bond donors (Lipinski definition) is 1. The molecule has 1 amide bonds. The highest BCUT2D eigenvalue weighted by Crippen LogP contribution is 2.46. The van der Waals surface area contributed by atoms with Gasteiger partial charge in [0.05, 0.1) is 11.1 Å². The van der Waals surface area contributed by atoms with Crippen molar-refractivity contribution in [1.82, 2.24) is 4.57 Å². The van der Waals surface area contributed by atoms with Crippen LogP contribution in [0.4, 0.5) is 10.7 Å². The molecule has 0 saturated carbocycles. The minimum absolute atomic E-state index is 0.130. The second kappa shape index (κ2) is 11.7. The summed E-state index contributed by atoms with van der Waals surface area (Å²) in [7, 11) is 0. The molecular weight excluding hydrogens is 592 g/mol. The van der Waals surface area contributed by atoms with Gasteiger partial charge in [0.1, 0.15) is 16.1 Å². The van der Waals surface area contributed by atoms with Crippen LogP contribution in [-0.4, -0.2) is 16.7 Å². The smallest absolute Gasteiger partial charge is 0.259 e. The Balaban J connectivity index is 1.37. The van der Waals surface area contributed by atoms with Gasteiger partial charge in [-0.1, -0.05) is 32.4 Å². The van der Waals surface area contributed by atoms with Crippen LogP contribution in [0.3, 0.4) is 0 Å². The Hall–Kier alpha value is -3.18. The molecule has 2 aliphatic rings. The van der Waals surface area contributed by atoms with Crippen molar-refractivity contribution in [3.8, 4) is 11.1 Å². The van der Waals surface area contributed by atoms with Gasteiger partial charge < -0.3 is 9.88 Å². The quantitative estimate of drug-likeness (QED) is 0.223. The zero-order valence-corrected chi connectivity index (χ0v) is 27.8. The highest BCUT2D eigenvalue weighted by molar-refractivity contribution is 7.16. The third-order valence-corrected chi connectivity index (χ3v) is 11.8. The monoisotopic (exact) mass is 628 g/mol. The van der Waals surface area contributed by atoms with Gasteiger partial charge in [-0.15, -0.1) is 22.7 Å². The van der Waals surface area contributed by atoms with Crippen molar-refractivity contribution in [2.45, 2.75) is 79.6 Å². The number of nitrogens with one attached hydrogen (secondary N) is 1. The summed E-state index contributed by atoms with van der Waals surface area (Å²) in [5, 5.41) is 15.6. The van der Waals surface area contributed by atoms with Crippen molar-refractivity contribution in [2.75, 3.05) is 5.32 Å². The van der Waals surface area contributed by atoms with Crippen LogP contribution in [0.1, 0.15) is 93.8 Å². The summed E-state index contributed by atoms with van der Waals surface area (Å²) in [6.45, 7) is 11.1. The number of nitrogens with zero attached hydrogens (tertiary/aromatic N) is 3. The van der Waals surface area contributed by atoms with E-state index in [9.17, 15) is 10.1 Å². The SMILES string of the molecule is Cc1cc(C=Nc2sc3c(c2C(=O)Nc2ccc(Cl)cc2)CC[C@H](C(C)(C)C)C3)c(C)n1-c1sc2c(c1C#N)CCCC2. The molecule has 1 atom stereocenters. The summed E-state index contributed by atoms with van der Waals surface area (Å²) >= 11 is 9.49. The number of amides is 1. The highest BCUT2D eigenvalue weighted by atomic mass is 35.5. The van der Waals surface area contributed by atoms with E-state index in [0.29, 0.717) is 22.2 Å². The van der Waals surface area contributed by atoms with Crippen molar-refractivity contribution in [3.63, 3.8) is 0 Å². The fraction of sp³-hybridized carbons (Fsp3) is 0.400. The fourth-order valence-electron chi connectivity index (χ4n) is 6.55. The molecule has 1 N–H and O–H groups in total. The maximum Gasteiger partial charge on any atom is 0.259 e. The van der Waals surface area contributed by atoms with E-state index in [1.54, 1.807) is 34.8 Å². The molecule has 0 aliphatic heterocycles. The van der Waals surface area contributed by atoms with Crippen LogP contribution in [0.15, 0.2) is 35.3 Å². The van der Waals surface area contributed by atoms with Crippen LogP contribution in [0.5, 0.6) is 0 Å². The van der Waals surface area contributed by atoms with Crippen molar-refractivity contribution in [3.05, 3.63) is 84.3 Å². The second-order valence-electron chi connectivity index (χ2n) is 12.9. The van der Waals surface area contributed by atoms with Crippen LogP contribution in [-0.2, 0) is 25.7 Å². The predicted molar refractivity (Wildman–Crippen MR) is 180 cm³/mol. The number of hydrogen-bond acceptors (Lipinski definition) is 5. The predicted octanol–water partition coefficient (Wildman–Crippen LogP) is 9.77. The number of aliphatic imine (C=N–C) groups is 1. The van der Waals surface area contributed by atoms with Gasteiger partial charge in [0.25, 0.3) is 5.91 Å². The van der Waals surface area contributed by atoms with Crippen molar-refractivity contribution < 1.29 is 4.79 Å². The Kier molecular flexibility index (Phi) is 8.14. The Morgan fingerprint density at radius 1 is 1.09 bits per heavy atom. The molecule has 6 rings (SSSR count). The van der Waals surface area contributed by atoms with Gasteiger partial charge in [0.15, 0.2) is 0 Å². The molecule has 3 aromatic heterocycles. The standard InChI is InChI=1S/C35H37ClN4OS2/c1-20-16-22(21(2)40(20)34-28(18-37)26-8-6-7-9-29(26)43-34)19-38-33-31(32(41)39-25-13-11-24(36)12-14-25)27-15-10-23(35(3,4)5)17-30(27)42-33/h11-14,16,19,23H,6-10,15,17H2,1-5H3,(H,39,41)/t23-/m0/s1. The first-order valence-electron chi connectivity index (χ1n) is 15.0. The molecule has 0 unspecified atom stereocenters. The van der Waals surface area contributed by atoms with Crippen molar-refractivity contribution >= 4 is 57.1 Å². The molecule has 222 valence electrons. The topological polar surface area (TPSA) is 70.2 Å². The Morgan fingerprint density at radius 2 is 1.84 bits per heavy atom. The van der Waals surface area contributed by atoms with E-state index in [1.807, 2.05) is 18.3 Å². The van der Waals surface area contributed by atoms with E-state index in [0.717, 1.165) is 76.6 Å². The normalized spacial score (nSPS) is 16.6. The van der Waals surface area contributed by atoms with Crippen LogP contribution < -0.4 is 5.32 Å². The average Bonchev–Trinajstić information content (AvgIpc) is 3.61. The lowest BCUT2D eigenvalue weighted by Gasteiger charge is -2.33. The lowest BCUT2D eigenvalue weighted by atomic mass is 9.72. The number of aromatic nitrogens is 1. The summed E-state index contributed by atoms with van der Waals surface area (Å²) in [4.78, 5) is 21.4. The lowest BCUT2D eigenvalue weighted by molar-refractivity contribution is 0.102. The molecule has 0 bridgehead atoms. The van der Waals surface area contributed by atoms with Gasteiger partial charge in [0, 0.05) is 43.6 Å². The number of aryl methyl sites for hydroxylation is 2. The van der Waals surface area contributed by atoms with E-state index in [1.165, 1.54) is 21.7 Å². The van der Waals surface area contributed by atoms with Crippen LogP contribution in [0, 0.1) is 36.5 Å². The number of thiophene rings is 2. The Labute approximate surface area is 267 Å². The molecule has 0 saturated heterocycles. The Morgan fingerprint density at radius 3 is 2.56 bits per heavy atom. The molecule has 0 radical (unpaired) electrons. The van der Waals surface area contributed by atoms with E-state index < -0.39 is 0 Å². The number of fused-ring (bicyclic) bond motifs is 2. The van der Waals surface area contributed by atoms with Crippen molar-refractivity contribution in [2.24, 2.45) is 16.3 Å². The molecule has 8 heteroatoms. The first kappa shape index (κ1) is 29.9. The zero-order valence-electron chi connectivity index (χ0n) is 25.4. The van der Waals surface area contributed by atoms with E-state index >= 15 is 0 Å². The van der Waals surface area contributed by atoms with E-state index in [4.69, 9.17) is 16.6 Å². The van der Waals surface area contributed by atoms with Gasteiger partial charge >= 0.3 is 0 Å². The van der Waals surface area contributed by atoms with Gasteiger partial charge in [-0.05, 0) is 112 Å². The third-order valence-electron chi connectivity index (χ3n) is 9.06. The molecule has 1 aromatic carbocycles. The molecule has 0 spiro atoms. The van der Waals surface area contributed by atoms with E-state index in [-0.39, 0.29) is 11.3 Å². The maximum absolute atomic E-state index is 13.8. The minimum atomic E-state index is -0.130. The van der Waals surface area contributed by atoms with E-state index in [2.05, 4.69) is 56.6 Å². The van der Waals surface area contributed by atoms with Gasteiger partial charge in [-0.3, -0.25) is 4.79 Å². The summed E-state index contributed by atoms with van der Waals surface area (Å²) < 4.78 is 2.21. The summed E-state index contributed by atoms with van der Waals surface area (Å²) in [6.07, 6.45) is 9.19. The molecule has 43 heavy (non-hydrogen) atoms. The van der Waals surface area contributed by atoms with Crippen molar-refractivity contribution in [1.29, 1.82) is 5.26 Å². The van der Waals surface area contributed by atoms with Gasteiger partial charge in [-0.25, -0.2) is 4.99 Å². The van der Waals surface area contributed by atoms with Gasteiger partial charge in [-0.2, -0.15) is 5.26 Å². The third kappa shape index (κ3) is 5.73. The molecule has 0 fully saturated rings. The number of carbonyl (C=O) groups excluding carboxylic acids is 1. The number of benzene rings is 1. The highest BCUT2D eigenvalue weighted by Gasteiger charge is 2.34. The van der Waals surface area contributed by atoms with Crippen LogP contribution >= 0.6 is 34.3 Å². The molecule has 5 nitrogen and oxygen atoms in total. The number of nitriles is 1. The number of halogens is 1. The second-order valence-corrected chi connectivity index (χ2v) is 15.5. The first-order chi connectivity index (χ1) is 20.5. The maximum atomic E-state index is 13.8. The molecule has 3 heterocycles. The number of rotatable bonds is 5. The molecule has 2 aliphatic carbocycles. The fourth-order valence-corrected chi connectivity index (χ4v) is 9.39. The Bertz CT molecular complexity index is 1780. The number of carbonyl (C=O) groups is 1. The zero-order chi connectivity index (χ0) is 30.5. The lowest BCUT2D eigenvalue weighted by Crippen LogP contribution is -2.27. The van der Waals surface area contributed by atoms with Crippen LogP contribution in [0.25, 0.3) is 5.00 Å². The summed E-state index contributed by atoms with van der Waals surface area (Å²) in [5.74, 6) is 0.432. The summed E-state index contributed by atoms with van der Waals surface area (Å²) in [6, 6.07) is 11.9. The largest absolute Gasteiger partial charge is 0.322 e. The number of anilines is 1. The van der Waals surface area contributed by atoms with Gasteiger partial charge in [0.2, 0.25) is 0 Å². The molecular formula is C35H37ClN4OS2. The minimum Gasteiger partial charge on any atom is -0.322 e. The van der Waals surface area contributed by atoms with Crippen LogP contribution in [0.2, 0.25) is 5.02 Å².